The van der Waals surface area contributed by atoms with E-state index in [9.17, 15) is 14.4 Å². The summed E-state index contributed by atoms with van der Waals surface area (Å²) in [6.45, 7) is 0.666. The van der Waals surface area contributed by atoms with Crippen molar-refractivity contribution in [2.24, 2.45) is 5.92 Å². The van der Waals surface area contributed by atoms with Crippen LogP contribution < -0.4 is 5.32 Å². The highest BCUT2D eigenvalue weighted by molar-refractivity contribution is 8.00. The van der Waals surface area contributed by atoms with Gasteiger partial charge in [0, 0.05) is 18.8 Å². The van der Waals surface area contributed by atoms with Crippen molar-refractivity contribution in [3.8, 4) is 0 Å². The van der Waals surface area contributed by atoms with E-state index in [0.29, 0.717) is 24.8 Å². The molecule has 1 amide bonds. The molecule has 1 aliphatic carbocycles. The summed E-state index contributed by atoms with van der Waals surface area (Å²) in [5.74, 6) is 1.31. The number of fused-ring (bicyclic) bond motifs is 1. The number of aldehydes is 1. The van der Waals surface area contributed by atoms with E-state index in [0.717, 1.165) is 44.8 Å². The van der Waals surface area contributed by atoms with E-state index in [4.69, 9.17) is 0 Å². The molecule has 4 atom stereocenters. The molecule has 1 aromatic carbocycles. The number of ketones is 1. The molecule has 0 aromatic heterocycles. The lowest BCUT2D eigenvalue weighted by Gasteiger charge is -2.28. The Bertz CT molecular complexity index is 753. The number of hydrogen-bond acceptors (Lipinski definition) is 5. The van der Waals surface area contributed by atoms with Gasteiger partial charge in [0.25, 0.3) is 0 Å². The molecule has 2 saturated heterocycles. The molecule has 0 radical (unpaired) electrons. The number of Topliss-reactive ketones (excluding diaryl/α,β-unsaturated/α-hetero) is 1. The quantitative estimate of drug-likeness (QED) is 0.743. The second-order valence-corrected chi connectivity index (χ2v) is 9.29. The Hall–Kier alpha value is -1.66. The maximum atomic E-state index is 13.0. The number of aryl methyl sites for hydroxylation is 1. The molecule has 0 bridgehead atoms. The first-order valence-electron chi connectivity index (χ1n) is 10.4. The fourth-order valence-corrected chi connectivity index (χ4v) is 6.02. The summed E-state index contributed by atoms with van der Waals surface area (Å²) in [6.07, 6.45) is 7.11. The van der Waals surface area contributed by atoms with Gasteiger partial charge in [0.15, 0.2) is 5.78 Å². The molecular formula is C22H28N2O3S. The Morgan fingerprint density at radius 3 is 2.86 bits per heavy atom. The highest BCUT2D eigenvalue weighted by atomic mass is 32.2. The van der Waals surface area contributed by atoms with Gasteiger partial charge in [-0.2, -0.15) is 0 Å². The lowest BCUT2D eigenvalue weighted by atomic mass is 9.81. The molecule has 3 aliphatic rings. The van der Waals surface area contributed by atoms with Crippen molar-refractivity contribution in [3.05, 3.63) is 35.4 Å². The molecular weight excluding hydrogens is 372 g/mol. The minimum absolute atomic E-state index is 0.0459. The molecule has 28 heavy (non-hydrogen) atoms. The number of likely N-dealkylation sites (tertiary alicyclic amines) is 1. The minimum Gasteiger partial charge on any atom is -0.333 e. The van der Waals surface area contributed by atoms with Crippen molar-refractivity contribution in [3.63, 3.8) is 0 Å². The molecule has 0 spiro atoms. The Balaban J connectivity index is 1.33. The van der Waals surface area contributed by atoms with E-state index in [2.05, 4.69) is 29.6 Å². The van der Waals surface area contributed by atoms with Crippen LogP contribution in [0.2, 0.25) is 0 Å². The number of nitrogens with zero attached hydrogens (tertiary/aromatic N) is 1. The topological polar surface area (TPSA) is 66.5 Å². The highest BCUT2D eigenvalue weighted by Gasteiger charge is 2.42. The molecule has 2 fully saturated rings. The first-order chi connectivity index (χ1) is 13.7. The largest absolute Gasteiger partial charge is 0.333 e. The Kier molecular flexibility index (Phi) is 6.16. The molecule has 1 aromatic rings. The predicted molar refractivity (Wildman–Crippen MR) is 110 cm³/mol. The third-order valence-electron chi connectivity index (χ3n) is 6.45. The van der Waals surface area contributed by atoms with Gasteiger partial charge in [-0.1, -0.05) is 24.3 Å². The van der Waals surface area contributed by atoms with Crippen molar-refractivity contribution in [1.82, 2.24) is 10.2 Å². The van der Waals surface area contributed by atoms with E-state index in [1.165, 1.54) is 22.9 Å². The number of carbonyl (C=O) groups is 3. The second-order valence-electron chi connectivity index (χ2n) is 8.16. The Labute approximate surface area is 170 Å². The lowest BCUT2D eigenvalue weighted by molar-refractivity contribution is -0.137. The number of hydrogen-bond donors (Lipinski definition) is 1. The van der Waals surface area contributed by atoms with E-state index < -0.39 is 6.04 Å². The van der Waals surface area contributed by atoms with Gasteiger partial charge in [-0.3, -0.25) is 14.9 Å². The maximum absolute atomic E-state index is 13.0. The minimum atomic E-state index is -0.419. The molecule has 1 N–H and O–H groups in total. The monoisotopic (exact) mass is 400 g/mol. The fraction of sp³-hybridized carbons (Fsp3) is 0.591. The van der Waals surface area contributed by atoms with Crippen LogP contribution in [-0.2, 0) is 27.2 Å². The summed E-state index contributed by atoms with van der Waals surface area (Å²) in [5, 5.41) is 2.70. The van der Waals surface area contributed by atoms with Crippen LogP contribution in [0.1, 0.15) is 43.2 Å². The van der Waals surface area contributed by atoms with Crippen molar-refractivity contribution in [1.29, 1.82) is 0 Å². The summed E-state index contributed by atoms with van der Waals surface area (Å²) >= 11 is 1.48. The molecule has 2 aliphatic heterocycles. The maximum Gasteiger partial charge on any atom is 0.223 e. The van der Waals surface area contributed by atoms with Crippen molar-refractivity contribution in [2.75, 3.05) is 12.4 Å². The first kappa shape index (κ1) is 19.6. The van der Waals surface area contributed by atoms with E-state index in [1.54, 1.807) is 4.90 Å². The number of carbonyl (C=O) groups excluding carboxylic acids is 3. The van der Waals surface area contributed by atoms with Crippen LogP contribution in [0.25, 0.3) is 0 Å². The average Bonchev–Trinajstić information content (AvgIpc) is 3.40. The summed E-state index contributed by atoms with van der Waals surface area (Å²) in [5.41, 5.74) is 2.87. The van der Waals surface area contributed by atoms with Crippen LogP contribution in [0.15, 0.2) is 24.3 Å². The molecule has 1 unspecified atom stereocenters. The van der Waals surface area contributed by atoms with E-state index in [-0.39, 0.29) is 23.0 Å². The van der Waals surface area contributed by atoms with Crippen LogP contribution in [-0.4, -0.2) is 52.6 Å². The second kappa shape index (κ2) is 8.78. The predicted octanol–water partition coefficient (Wildman–Crippen LogP) is 2.36. The highest BCUT2D eigenvalue weighted by Crippen LogP contribution is 2.31. The average molecular weight is 401 g/mol. The smallest absolute Gasteiger partial charge is 0.223 e. The van der Waals surface area contributed by atoms with Crippen molar-refractivity contribution >= 4 is 29.7 Å². The van der Waals surface area contributed by atoms with E-state index in [1.807, 2.05) is 0 Å². The van der Waals surface area contributed by atoms with Gasteiger partial charge < -0.3 is 9.69 Å². The summed E-state index contributed by atoms with van der Waals surface area (Å²) in [4.78, 5) is 38.9. The molecule has 0 saturated carbocycles. The third kappa shape index (κ3) is 4.03. The van der Waals surface area contributed by atoms with E-state index >= 15 is 0 Å². The van der Waals surface area contributed by atoms with Crippen LogP contribution in [0.4, 0.5) is 0 Å². The Morgan fingerprint density at radius 1 is 1.21 bits per heavy atom. The summed E-state index contributed by atoms with van der Waals surface area (Å²) < 4.78 is 0. The van der Waals surface area contributed by atoms with Crippen LogP contribution in [0.5, 0.6) is 0 Å². The molecule has 6 heteroatoms. The molecule has 150 valence electrons. The number of amides is 1. The van der Waals surface area contributed by atoms with Crippen LogP contribution in [0.3, 0.4) is 0 Å². The van der Waals surface area contributed by atoms with Gasteiger partial charge in [0.05, 0.1) is 17.3 Å². The molecule has 5 nitrogen and oxygen atoms in total. The van der Waals surface area contributed by atoms with Gasteiger partial charge >= 0.3 is 0 Å². The SMILES string of the molecule is O=C[C@H]1NCSC1C(=O)[C@@H]1CCCN1C(=O)CC[C@@H]1CCc2ccccc2C1. The zero-order valence-electron chi connectivity index (χ0n) is 16.1. The Morgan fingerprint density at radius 2 is 2.04 bits per heavy atom. The normalized spacial score (nSPS) is 29.5. The van der Waals surface area contributed by atoms with Crippen LogP contribution >= 0.6 is 11.8 Å². The number of benzene rings is 1. The zero-order valence-corrected chi connectivity index (χ0v) is 17.0. The fourth-order valence-electron chi connectivity index (χ4n) is 4.86. The van der Waals surface area contributed by atoms with Crippen molar-refractivity contribution < 1.29 is 14.4 Å². The van der Waals surface area contributed by atoms with Gasteiger partial charge in [-0.15, -0.1) is 11.8 Å². The molecule has 4 rings (SSSR count). The number of rotatable bonds is 6. The van der Waals surface area contributed by atoms with Gasteiger partial charge in [-0.25, -0.2) is 0 Å². The standard InChI is InChI=1S/C22H28N2O3S/c25-13-18-22(28-14-23-18)21(27)19-6-3-11-24(19)20(26)10-8-15-7-9-16-4-1-2-5-17(16)12-15/h1-2,4-5,13,15,18-19,22-23H,3,6-12,14H2/t15-,18+,19-,22?/m0/s1. The third-order valence-corrected chi connectivity index (χ3v) is 7.67. The lowest BCUT2D eigenvalue weighted by Crippen LogP contribution is -2.47. The van der Waals surface area contributed by atoms with Gasteiger partial charge in [-0.05, 0) is 55.6 Å². The summed E-state index contributed by atoms with van der Waals surface area (Å²) in [6, 6.07) is 7.84. The van der Waals surface area contributed by atoms with Gasteiger partial charge in [0.1, 0.15) is 6.29 Å². The first-order valence-corrected chi connectivity index (χ1v) is 11.4. The van der Waals surface area contributed by atoms with Gasteiger partial charge in [0.2, 0.25) is 5.91 Å². The van der Waals surface area contributed by atoms with Crippen LogP contribution in [0, 0.1) is 5.92 Å². The number of nitrogens with one attached hydrogen (secondary N) is 1. The molecule has 2 heterocycles. The number of thioether (sulfide) groups is 1. The zero-order chi connectivity index (χ0) is 19.5. The summed E-state index contributed by atoms with van der Waals surface area (Å²) in [7, 11) is 0. The van der Waals surface area contributed by atoms with Crippen molar-refractivity contribution in [2.45, 2.75) is 62.3 Å².